The highest BCUT2D eigenvalue weighted by atomic mass is 16.5. The molecule has 0 aromatic heterocycles. The van der Waals surface area contributed by atoms with Gasteiger partial charge in [0.1, 0.15) is 23.7 Å². The molecule has 0 bridgehead atoms. The number of hydrogen-bond acceptors (Lipinski definition) is 6. The van der Waals surface area contributed by atoms with Crippen LogP contribution in [0.4, 0.5) is 0 Å². The number of aliphatic hydroxyl groups is 2. The van der Waals surface area contributed by atoms with Crippen molar-refractivity contribution in [3.05, 3.63) is 84.0 Å². The maximum atomic E-state index is 11.4. The van der Waals surface area contributed by atoms with Gasteiger partial charge < -0.3 is 19.7 Å². The number of carbonyl (C=O) groups excluding carboxylic acids is 2. The molecule has 2 N–H and O–H groups in total. The summed E-state index contributed by atoms with van der Waals surface area (Å²) >= 11 is 0. The van der Waals surface area contributed by atoms with Crippen molar-refractivity contribution in [2.75, 3.05) is 0 Å². The molecule has 146 valence electrons. The summed E-state index contributed by atoms with van der Waals surface area (Å²) in [6, 6.07) is 12.4. The summed E-state index contributed by atoms with van der Waals surface area (Å²) < 4.78 is 10.2. The number of esters is 2. The Kier molecular flexibility index (Phi) is 7.68. The maximum Gasteiger partial charge on any atom is 0.335 e. The van der Waals surface area contributed by atoms with Crippen LogP contribution in [0.1, 0.15) is 37.2 Å². The summed E-state index contributed by atoms with van der Waals surface area (Å²) in [6.07, 6.45) is 3.37. The number of aliphatic hydroxyl groups excluding tert-OH is 2. The van der Waals surface area contributed by atoms with E-state index in [-0.39, 0.29) is 0 Å². The van der Waals surface area contributed by atoms with E-state index in [0.717, 1.165) is 0 Å². The first-order valence-electron chi connectivity index (χ1n) is 8.69. The fraction of sp³-hybridized carbons (Fsp3) is 0.182. The molecule has 2 aromatic rings. The van der Waals surface area contributed by atoms with Gasteiger partial charge in [0.2, 0.25) is 0 Å². The van der Waals surface area contributed by atoms with Gasteiger partial charge in [0.05, 0.1) is 0 Å². The van der Waals surface area contributed by atoms with E-state index in [1.807, 2.05) is 0 Å². The standard InChI is InChI=1S/C22H22O6/c1-3-5-19(23)27-17-11-7-15(8-12-17)21(25)22(26)16-9-13-18(14-10-16)28-20(24)6-4-2/h3-14,21-22,25-26H,1-2H3/b5-3+,6-4+. The smallest absolute Gasteiger partial charge is 0.335 e. The highest BCUT2D eigenvalue weighted by Crippen LogP contribution is 2.30. The van der Waals surface area contributed by atoms with E-state index in [2.05, 4.69) is 0 Å². The van der Waals surface area contributed by atoms with Crippen molar-refractivity contribution >= 4 is 11.9 Å². The highest BCUT2D eigenvalue weighted by Gasteiger charge is 2.20. The highest BCUT2D eigenvalue weighted by molar-refractivity contribution is 5.84. The van der Waals surface area contributed by atoms with Crippen molar-refractivity contribution in [1.82, 2.24) is 0 Å². The molecule has 2 unspecified atom stereocenters. The Bertz CT molecular complexity index is 776. The molecule has 0 radical (unpaired) electrons. The van der Waals surface area contributed by atoms with Crippen LogP contribution in [0.15, 0.2) is 72.8 Å². The normalized spacial score (nSPS) is 13.4. The second kappa shape index (κ2) is 10.2. The van der Waals surface area contributed by atoms with Crippen molar-refractivity contribution in [2.24, 2.45) is 0 Å². The Morgan fingerprint density at radius 3 is 1.32 bits per heavy atom. The van der Waals surface area contributed by atoms with Crippen LogP contribution >= 0.6 is 0 Å². The van der Waals surface area contributed by atoms with Gasteiger partial charge in [-0.05, 0) is 49.2 Å². The third-order valence-electron chi connectivity index (χ3n) is 3.78. The van der Waals surface area contributed by atoms with Crippen LogP contribution in [-0.4, -0.2) is 22.2 Å². The zero-order valence-electron chi connectivity index (χ0n) is 15.6. The van der Waals surface area contributed by atoms with E-state index in [1.54, 1.807) is 50.3 Å². The van der Waals surface area contributed by atoms with E-state index in [9.17, 15) is 19.8 Å². The lowest BCUT2D eigenvalue weighted by molar-refractivity contribution is -0.129. The minimum absolute atomic E-state index is 0.334. The van der Waals surface area contributed by atoms with Crippen molar-refractivity contribution in [3.8, 4) is 11.5 Å². The predicted octanol–water partition coefficient (Wildman–Crippen LogP) is 3.42. The third-order valence-corrected chi connectivity index (χ3v) is 3.78. The number of hydrogen-bond donors (Lipinski definition) is 2. The summed E-state index contributed by atoms with van der Waals surface area (Å²) in [5, 5.41) is 20.8. The second-order valence-electron chi connectivity index (χ2n) is 5.87. The largest absolute Gasteiger partial charge is 0.423 e. The summed E-state index contributed by atoms with van der Waals surface area (Å²) in [7, 11) is 0. The lowest BCUT2D eigenvalue weighted by Crippen LogP contribution is -2.11. The molecule has 2 atom stereocenters. The molecule has 0 spiro atoms. The molecule has 0 saturated carbocycles. The Balaban J connectivity index is 2.04. The molecule has 0 saturated heterocycles. The molecule has 2 aromatic carbocycles. The first-order chi connectivity index (χ1) is 13.4. The molecule has 28 heavy (non-hydrogen) atoms. The zero-order chi connectivity index (χ0) is 20.5. The van der Waals surface area contributed by atoms with Gasteiger partial charge in [0, 0.05) is 12.2 Å². The first-order valence-corrected chi connectivity index (χ1v) is 8.69. The number of benzene rings is 2. The minimum atomic E-state index is -1.18. The van der Waals surface area contributed by atoms with Gasteiger partial charge in [-0.15, -0.1) is 0 Å². The van der Waals surface area contributed by atoms with Crippen LogP contribution in [0.3, 0.4) is 0 Å². The van der Waals surface area contributed by atoms with Gasteiger partial charge in [0.25, 0.3) is 0 Å². The topological polar surface area (TPSA) is 93.1 Å². The summed E-state index contributed by atoms with van der Waals surface area (Å²) in [4.78, 5) is 22.8. The zero-order valence-corrected chi connectivity index (χ0v) is 15.6. The van der Waals surface area contributed by atoms with E-state index in [4.69, 9.17) is 9.47 Å². The van der Waals surface area contributed by atoms with Crippen molar-refractivity contribution in [3.63, 3.8) is 0 Å². The van der Waals surface area contributed by atoms with Crippen LogP contribution in [0, 0.1) is 0 Å². The van der Waals surface area contributed by atoms with Crippen LogP contribution in [0.25, 0.3) is 0 Å². The fourth-order valence-electron chi connectivity index (χ4n) is 2.40. The molecular formula is C22H22O6. The average molecular weight is 382 g/mol. The van der Waals surface area contributed by atoms with Crippen LogP contribution in [0.2, 0.25) is 0 Å². The van der Waals surface area contributed by atoms with Crippen LogP contribution in [0.5, 0.6) is 11.5 Å². The van der Waals surface area contributed by atoms with E-state index in [0.29, 0.717) is 22.6 Å². The first kappa shape index (κ1) is 21.1. The van der Waals surface area contributed by atoms with Gasteiger partial charge in [-0.1, -0.05) is 36.4 Å². The molecule has 2 rings (SSSR count). The molecular weight excluding hydrogens is 360 g/mol. The maximum absolute atomic E-state index is 11.4. The molecule has 6 nitrogen and oxygen atoms in total. The van der Waals surface area contributed by atoms with Gasteiger partial charge in [-0.25, -0.2) is 9.59 Å². The van der Waals surface area contributed by atoms with E-state index >= 15 is 0 Å². The van der Waals surface area contributed by atoms with Crippen molar-refractivity contribution < 1.29 is 29.3 Å². The Labute approximate surface area is 163 Å². The second-order valence-corrected chi connectivity index (χ2v) is 5.87. The predicted molar refractivity (Wildman–Crippen MR) is 104 cm³/mol. The average Bonchev–Trinajstić information content (AvgIpc) is 2.68. The lowest BCUT2D eigenvalue weighted by atomic mass is 9.98. The minimum Gasteiger partial charge on any atom is -0.423 e. The molecule has 0 amide bonds. The molecule has 0 heterocycles. The summed E-state index contributed by atoms with van der Waals surface area (Å²) in [5.74, 6) is -0.321. The number of carbonyl (C=O) groups is 2. The summed E-state index contributed by atoms with van der Waals surface area (Å²) in [6.45, 7) is 3.42. The Hall–Kier alpha value is -3.22. The Morgan fingerprint density at radius 2 is 1.04 bits per heavy atom. The van der Waals surface area contributed by atoms with Gasteiger partial charge in [0.15, 0.2) is 0 Å². The van der Waals surface area contributed by atoms with E-state index < -0.39 is 24.1 Å². The SMILES string of the molecule is C/C=C/C(=O)Oc1ccc(C(O)C(O)c2ccc(OC(=O)/C=C/C)cc2)cc1. The molecule has 6 heteroatoms. The quantitative estimate of drug-likeness (QED) is 0.433. The molecule has 0 aliphatic heterocycles. The van der Waals surface area contributed by atoms with Crippen molar-refractivity contribution in [2.45, 2.75) is 26.1 Å². The third kappa shape index (κ3) is 5.90. The monoisotopic (exact) mass is 382 g/mol. The van der Waals surface area contributed by atoms with Gasteiger partial charge in [-0.2, -0.15) is 0 Å². The van der Waals surface area contributed by atoms with Gasteiger partial charge >= 0.3 is 11.9 Å². The number of ether oxygens (including phenoxy) is 2. The number of rotatable bonds is 7. The van der Waals surface area contributed by atoms with Gasteiger partial charge in [-0.3, -0.25) is 0 Å². The molecule has 0 aliphatic carbocycles. The molecule has 0 aliphatic rings. The van der Waals surface area contributed by atoms with E-state index in [1.165, 1.54) is 36.4 Å². The molecule has 0 fully saturated rings. The summed E-state index contributed by atoms with van der Waals surface area (Å²) in [5.41, 5.74) is 0.920. The lowest BCUT2D eigenvalue weighted by Gasteiger charge is -2.19. The van der Waals surface area contributed by atoms with Crippen molar-refractivity contribution in [1.29, 1.82) is 0 Å². The fourth-order valence-corrected chi connectivity index (χ4v) is 2.40. The van der Waals surface area contributed by atoms with Crippen LogP contribution < -0.4 is 9.47 Å². The number of allylic oxidation sites excluding steroid dienone is 2. The van der Waals surface area contributed by atoms with Crippen LogP contribution in [-0.2, 0) is 9.59 Å². The Morgan fingerprint density at radius 1 is 0.714 bits per heavy atom.